The van der Waals surface area contributed by atoms with Crippen molar-refractivity contribution in [3.05, 3.63) is 0 Å². The zero-order chi connectivity index (χ0) is 28.6. The molecule has 0 spiro atoms. The van der Waals surface area contributed by atoms with Gasteiger partial charge in [0.25, 0.3) is 0 Å². The van der Waals surface area contributed by atoms with Crippen LogP contribution in [0, 0.1) is 17.2 Å². The molecule has 4 fully saturated rings. The summed E-state index contributed by atoms with van der Waals surface area (Å²) in [6, 6.07) is 2.93. The lowest BCUT2D eigenvalue weighted by Gasteiger charge is -2.37. The first-order valence-corrected chi connectivity index (χ1v) is 14.2. The molecule has 0 aromatic rings. The molecule has 8 heteroatoms. The maximum absolute atomic E-state index is 12.1. The Labute approximate surface area is 225 Å². The van der Waals surface area contributed by atoms with Crippen molar-refractivity contribution in [2.24, 2.45) is 5.92 Å². The third-order valence-corrected chi connectivity index (χ3v) is 6.67. The van der Waals surface area contributed by atoms with Crippen LogP contribution < -0.4 is 0 Å². The van der Waals surface area contributed by atoms with E-state index in [1.54, 1.807) is 4.90 Å². The molecule has 0 aliphatic carbocycles. The van der Waals surface area contributed by atoms with Gasteiger partial charge in [-0.2, -0.15) is 5.26 Å². The number of Topliss-reactive ketones (excluding diaryl/α,β-unsaturated/α-hetero) is 1. The molecule has 4 heterocycles. The number of nitriles is 1. The van der Waals surface area contributed by atoms with Crippen LogP contribution in [-0.4, -0.2) is 63.1 Å². The number of fused-ring (bicyclic) bond motifs is 4. The Kier molecular flexibility index (Phi) is 12.4. The van der Waals surface area contributed by atoms with Gasteiger partial charge in [-0.1, -0.05) is 27.7 Å². The van der Waals surface area contributed by atoms with E-state index in [0.717, 1.165) is 38.5 Å². The van der Waals surface area contributed by atoms with E-state index < -0.39 is 11.2 Å². The van der Waals surface area contributed by atoms with Gasteiger partial charge < -0.3 is 19.3 Å². The quantitative estimate of drug-likeness (QED) is 0.345. The number of ketones is 1. The van der Waals surface area contributed by atoms with E-state index >= 15 is 0 Å². The second-order valence-electron chi connectivity index (χ2n) is 11.8. The summed E-state index contributed by atoms with van der Waals surface area (Å²) in [5.41, 5.74) is -0.902. The molecule has 8 nitrogen and oxygen atoms in total. The normalized spacial score (nSPS) is 27.8. The van der Waals surface area contributed by atoms with Gasteiger partial charge in [0, 0.05) is 37.0 Å². The molecule has 212 valence electrons. The number of hydrogen-bond donors (Lipinski definition) is 0. The second kappa shape index (κ2) is 14.0. The van der Waals surface area contributed by atoms with Gasteiger partial charge in [0.2, 0.25) is 0 Å². The van der Waals surface area contributed by atoms with Crippen LogP contribution in [0.1, 0.15) is 121 Å². The highest BCUT2D eigenvalue weighted by molar-refractivity contribution is 5.83. The van der Waals surface area contributed by atoms with Crippen molar-refractivity contribution in [2.75, 3.05) is 0 Å². The van der Waals surface area contributed by atoms with Crippen molar-refractivity contribution >= 4 is 18.0 Å². The van der Waals surface area contributed by atoms with Gasteiger partial charge in [-0.15, -0.1) is 0 Å². The monoisotopic (exact) mass is 521 g/mol. The topological polar surface area (TPSA) is 99.9 Å². The van der Waals surface area contributed by atoms with Gasteiger partial charge >= 0.3 is 12.2 Å². The third-order valence-electron chi connectivity index (χ3n) is 6.67. The van der Waals surface area contributed by atoms with Crippen LogP contribution >= 0.6 is 0 Å². The Bertz CT molecular complexity index is 778. The first-order chi connectivity index (χ1) is 17.3. The SMILES string of the molecule is CC.CC.CC(C)(C)OC(=O)N1[C@@H]2CC[C@H]1CC(=O)C2.CC(C)(C)OC(=O)N1[C@@H]2CC[C@H]1CC(C#N)C2. The number of rotatable bonds is 0. The zero-order valence-electron chi connectivity index (χ0n) is 24.9. The van der Waals surface area contributed by atoms with Crippen LogP contribution in [0.15, 0.2) is 0 Å². The van der Waals surface area contributed by atoms with E-state index in [1.165, 1.54) is 0 Å². The fraction of sp³-hybridized carbons (Fsp3) is 0.862. The molecule has 4 bridgehead atoms. The van der Waals surface area contributed by atoms with Crippen molar-refractivity contribution in [3.8, 4) is 6.07 Å². The van der Waals surface area contributed by atoms with E-state index in [0.29, 0.717) is 12.8 Å². The fourth-order valence-electron chi connectivity index (χ4n) is 5.48. The van der Waals surface area contributed by atoms with E-state index in [4.69, 9.17) is 14.7 Å². The number of ether oxygens (including phenoxy) is 2. The van der Waals surface area contributed by atoms with Crippen molar-refractivity contribution in [1.29, 1.82) is 5.26 Å². The smallest absolute Gasteiger partial charge is 0.410 e. The van der Waals surface area contributed by atoms with Gasteiger partial charge in [0.05, 0.1) is 12.0 Å². The maximum atomic E-state index is 12.1. The minimum Gasteiger partial charge on any atom is -0.444 e. The number of nitrogens with zero attached hydrogens (tertiary/aromatic N) is 3. The first kappa shape index (κ1) is 32.7. The zero-order valence-corrected chi connectivity index (χ0v) is 24.9. The molecular weight excluding hydrogens is 470 g/mol. The molecule has 1 unspecified atom stereocenters. The van der Waals surface area contributed by atoms with E-state index in [1.807, 2.05) is 74.1 Å². The number of piperidine rings is 2. The Morgan fingerprint density at radius 2 is 1.05 bits per heavy atom. The van der Waals surface area contributed by atoms with Gasteiger partial charge in [-0.3, -0.25) is 4.79 Å². The molecule has 2 amide bonds. The van der Waals surface area contributed by atoms with Gasteiger partial charge in [-0.05, 0) is 80.1 Å². The van der Waals surface area contributed by atoms with Gasteiger partial charge in [0.1, 0.15) is 17.0 Å². The number of carbonyl (C=O) groups excluding carboxylic acids is 3. The van der Waals surface area contributed by atoms with Crippen LogP contribution in [0.25, 0.3) is 0 Å². The summed E-state index contributed by atoms with van der Waals surface area (Å²) < 4.78 is 10.8. The lowest BCUT2D eigenvalue weighted by atomic mass is 9.92. The maximum Gasteiger partial charge on any atom is 0.410 e. The molecule has 4 rings (SSSR count). The van der Waals surface area contributed by atoms with Gasteiger partial charge in [0.15, 0.2) is 0 Å². The molecule has 0 N–H and O–H groups in total. The van der Waals surface area contributed by atoms with E-state index in [9.17, 15) is 14.4 Å². The predicted molar refractivity (Wildman–Crippen MR) is 145 cm³/mol. The average molecular weight is 522 g/mol. The molecule has 0 radical (unpaired) electrons. The minimum atomic E-state index is -0.460. The molecule has 0 aromatic carbocycles. The highest BCUT2D eigenvalue weighted by Crippen LogP contribution is 2.39. The van der Waals surface area contributed by atoms with E-state index in [2.05, 4.69) is 6.07 Å². The molecule has 0 aromatic heterocycles. The Morgan fingerprint density at radius 1 is 0.730 bits per heavy atom. The second-order valence-corrected chi connectivity index (χ2v) is 11.8. The number of hydrogen-bond acceptors (Lipinski definition) is 6. The average Bonchev–Trinajstić information content (AvgIpc) is 3.24. The number of amides is 2. The first-order valence-electron chi connectivity index (χ1n) is 14.2. The minimum absolute atomic E-state index is 0.0844. The lowest BCUT2D eigenvalue weighted by Crippen LogP contribution is -2.48. The molecule has 4 saturated heterocycles. The third kappa shape index (κ3) is 9.50. The summed E-state index contributed by atoms with van der Waals surface area (Å²) in [7, 11) is 0. The largest absolute Gasteiger partial charge is 0.444 e. The molecule has 37 heavy (non-hydrogen) atoms. The lowest BCUT2D eigenvalue weighted by molar-refractivity contribution is -0.123. The summed E-state index contributed by atoms with van der Waals surface area (Å²) in [6.07, 6.45) is 6.09. The van der Waals surface area contributed by atoms with Gasteiger partial charge in [-0.25, -0.2) is 9.59 Å². The summed E-state index contributed by atoms with van der Waals surface area (Å²) >= 11 is 0. The standard InChI is InChI=1S/C13H20N2O2.C12H19NO3.2C2H6/c1-13(2,3)17-12(16)15-10-4-5-11(15)7-9(6-10)8-14;1-12(2,3)16-11(15)13-8-4-5-9(13)7-10(14)6-8;2*1-2/h9-11H,4-7H2,1-3H3;8-9H,4-7H2,1-3H3;2*1-2H3/t9?,10-,11+;8-,9+;;. The van der Waals surface area contributed by atoms with E-state index in [-0.39, 0.29) is 48.1 Å². The van der Waals surface area contributed by atoms with Crippen LogP contribution in [-0.2, 0) is 14.3 Å². The van der Waals surface area contributed by atoms with Crippen LogP contribution in [0.3, 0.4) is 0 Å². The fourth-order valence-corrected chi connectivity index (χ4v) is 5.48. The van der Waals surface area contributed by atoms with Crippen molar-refractivity contribution in [3.63, 3.8) is 0 Å². The molecule has 4 aliphatic rings. The van der Waals surface area contributed by atoms with Crippen LogP contribution in [0.2, 0.25) is 0 Å². The highest BCUT2D eigenvalue weighted by atomic mass is 16.6. The Morgan fingerprint density at radius 3 is 1.38 bits per heavy atom. The molecular formula is C29H51N3O5. The molecule has 0 saturated carbocycles. The summed E-state index contributed by atoms with van der Waals surface area (Å²) in [6.45, 7) is 19.2. The van der Waals surface area contributed by atoms with Crippen LogP contribution in [0.5, 0.6) is 0 Å². The Balaban J connectivity index is 0.000000327. The predicted octanol–water partition coefficient (Wildman–Crippen LogP) is 6.86. The molecule has 5 atom stereocenters. The van der Waals surface area contributed by atoms with Crippen molar-refractivity contribution < 1.29 is 23.9 Å². The van der Waals surface area contributed by atoms with Crippen molar-refractivity contribution in [1.82, 2.24) is 9.80 Å². The summed E-state index contributed by atoms with van der Waals surface area (Å²) in [5, 5.41) is 8.98. The van der Waals surface area contributed by atoms with Crippen LogP contribution in [0.4, 0.5) is 9.59 Å². The number of carbonyl (C=O) groups is 3. The Hall–Kier alpha value is -2.30. The summed E-state index contributed by atoms with van der Waals surface area (Å²) in [4.78, 5) is 39.1. The highest BCUT2D eigenvalue weighted by Gasteiger charge is 2.45. The summed E-state index contributed by atoms with van der Waals surface area (Å²) in [5.74, 6) is 0.401. The van der Waals surface area contributed by atoms with Crippen molar-refractivity contribution in [2.45, 2.75) is 156 Å². The molecule has 4 aliphatic heterocycles.